The minimum Gasteiger partial charge on any atom is -0.330 e. The van der Waals surface area contributed by atoms with E-state index in [0.717, 1.165) is 12.3 Å². The second-order valence-electron chi connectivity index (χ2n) is 5.34. The normalized spacial score (nSPS) is 21.5. The number of thioether (sulfide) groups is 1. The molecule has 1 aromatic rings. The Labute approximate surface area is 115 Å². The van der Waals surface area contributed by atoms with Crippen LogP contribution in [0.4, 0.5) is 14.5 Å². The number of amidine groups is 1. The lowest BCUT2D eigenvalue weighted by Gasteiger charge is -2.31. The molecule has 0 aromatic heterocycles. The summed E-state index contributed by atoms with van der Waals surface area (Å²) in [5.74, 6) is -0.163. The number of benzene rings is 1. The van der Waals surface area contributed by atoms with E-state index in [0.29, 0.717) is 10.6 Å². The Balaban J connectivity index is 1.73. The summed E-state index contributed by atoms with van der Waals surface area (Å²) in [4.78, 5) is 4.48. The molecule has 1 fully saturated rings. The van der Waals surface area contributed by atoms with Crippen molar-refractivity contribution < 1.29 is 8.78 Å². The Kier molecular flexibility index (Phi) is 3.48. The maximum absolute atomic E-state index is 13.5. The Morgan fingerprint density at radius 1 is 1.16 bits per heavy atom. The first-order valence-corrected chi connectivity index (χ1v) is 7.55. The highest BCUT2D eigenvalue weighted by Crippen LogP contribution is 2.43. The third-order valence-electron chi connectivity index (χ3n) is 3.93. The fraction of sp³-hybridized carbons (Fsp3) is 0.500. The van der Waals surface area contributed by atoms with Crippen LogP contribution in [0, 0.1) is 17.0 Å². The second kappa shape index (κ2) is 5.12. The summed E-state index contributed by atoms with van der Waals surface area (Å²) in [6, 6.07) is 3.86. The lowest BCUT2D eigenvalue weighted by atomic mass is 9.89. The SMILES string of the molecule is Fc1cccc(F)c1NC1=NCC2(CCCC2)CS1. The van der Waals surface area contributed by atoms with Gasteiger partial charge in [-0.15, -0.1) is 0 Å². The first kappa shape index (κ1) is 12.9. The van der Waals surface area contributed by atoms with Gasteiger partial charge in [-0.25, -0.2) is 8.78 Å². The number of rotatable bonds is 1. The van der Waals surface area contributed by atoms with Crippen molar-refractivity contribution in [2.45, 2.75) is 25.7 Å². The topological polar surface area (TPSA) is 24.4 Å². The van der Waals surface area contributed by atoms with E-state index in [2.05, 4.69) is 10.3 Å². The molecule has 0 unspecified atom stereocenters. The van der Waals surface area contributed by atoms with Crippen molar-refractivity contribution in [2.24, 2.45) is 10.4 Å². The summed E-state index contributed by atoms with van der Waals surface area (Å²) in [5, 5.41) is 3.41. The van der Waals surface area contributed by atoms with Crippen LogP contribution in [-0.4, -0.2) is 17.5 Å². The molecule has 1 aromatic carbocycles. The van der Waals surface area contributed by atoms with Crippen molar-refractivity contribution in [3.63, 3.8) is 0 Å². The summed E-state index contributed by atoms with van der Waals surface area (Å²) in [5.41, 5.74) is 0.236. The van der Waals surface area contributed by atoms with Crippen molar-refractivity contribution in [3.05, 3.63) is 29.8 Å². The molecule has 3 rings (SSSR count). The van der Waals surface area contributed by atoms with Gasteiger partial charge in [0.05, 0.1) is 0 Å². The van der Waals surface area contributed by atoms with Crippen LogP contribution < -0.4 is 5.32 Å². The lowest BCUT2D eigenvalue weighted by Crippen LogP contribution is -2.30. The van der Waals surface area contributed by atoms with Crippen molar-refractivity contribution in [2.75, 3.05) is 17.6 Å². The summed E-state index contributed by atoms with van der Waals surface area (Å²) in [6.45, 7) is 0.776. The molecule has 1 spiro atoms. The highest BCUT2D eigenvalue weighted by Gasteiger charge is 2.36. The summed E-state index contributed by atoms with van der Waals surface area (Å²) >= 11 is 1.58. The first-order chi connectivity index (χ1) is 9.19. The van der Waals surface area contributed by atoms with Crippen molar-refractivity contribution >= 4 is 22.6 Å². The minimum atomic E-state index is -0.579. The van der Waals surface area contributed by atoms with E-state index < -0.39 is 11.6 Å². The van der Waals surface area contributed by atoms with Crippen LogP contribution in [0.5, 0.6) is 0 Å². The molecule has 0 bridgehead atoms. The highest BCUT2D eigenvalue weighted by atomic mass is 32.2. The molecule has 1 aliphatic carbocycles. The van der Waals surface area contributed by atoms with Crippen molar-refractivity contribution in [1.82, 2.24) is 0 Å². The van der Waals surface area contributed by atoms with E-state index in [-0.39, 0.29) is 5.69 Å². The number of nitrogens with one attached hydrogen (secondary N) is 1. The summed E-state index contributed by atoms with van der Waals surface area (Å²) < 4.78 is 27.1. The quantitative estimate of drug-likeness (QED) is 0.840. The zero-order valence-electron chi connectivity index (χ0n) is 10.6. The molecule has 1 N–H and O–H groups in total. The molecular formula is C14H16F2N2S. The van der Waals surface area contributed by atoms with Crippen LogP contribution in [0.2, 0.25) is 0 Å². The molecule has 1 saturated carbocycles. The summed E-state index contributed by atoms with van der Waals surface area (Å²) in [6.07, 6.45) is 5.01. The van der Waals surface area contributed by atoms with Gasteiger partial charge < -0.3 is 5.32 Å². The molecule has 0 atom stereocenters. The molecule has 19 heavy (non-hydrogen) atoms. The predicted molar refractivity (Wildman–Crippen MR) is 75.6 cm³/mol. The van der Waals surface area contributed by atoms with Gasteiger partial charge in [0.15, 0.2) is 5.17 Å². The van der Waals surface area contributed by atoms with Crippen LogP contribution in [-0.2, 0) is 0 Å². The number of para-hydroxylation sites is 1. The Hall–Kier alpha value is -1.10. The van der Waals surface area contributed by atoms with Gasteiger partial charge in [-0.2, -0.15) is 0 Å². The van der Waals surface area contributed by atoms with Crippen LogP contribution >= 0.6 is 11.8 Å². The molecular weight excluding hydrogens is 266 g/mol. The van der Waals surface area contributed by atoms with Crippen LogP contribution in [0.1, 0.15) is 25.7 Å². The summed E-state index contributed by atoms with van der Waals surface area (Å²) in [7, 11) is 0. The van der Waals surface area contributed by atoms with Gasteiger partial charge >= 0.3 is 0 Å². The average Bonchev–Trinajstić information content (AvgIpc) is 2.85. The van der Waals surface area contributed by atoms with Gasteiger partial charge in [0.2, 0.25) is 0 Å². The molecule has 5 heteroatoms. The van der Waals surface area contributed by atoms with E-state index in [1.165, 1.54) is 43.9 Å². The smallest absolute Gasteiger partial charge is 0.161 e. The number of anilines is 1. The molecule has 102 valence electrons. The van der Waals surface area contributed by atoms with E-state index in [4.69, 9.17) is 0 Å². The van der Waals surface area contributed by atoms with Crippen molar-refractivity contribution in [3.8, 4) is 0 Å². The number of hydrogen-bond acceptors (Lipinski definition) is 3. The first-order valence-electron chi connectivity index (χ1n) is 6.57. The fourth-order valence-electron chi connectivity index (χ4n) is 2.78. The fourth-order valence-corrected chi connectivity index (χ4v) is 3.93. The molecule has 1 aliphatic heterocycles. The molecule has 0 amide bonds. The maximum atomic E-state index is 13.5. The zero-order valence-corrected chi connectivity index (χ0v) is 11.4. The van der Waals surface area contributed by atoms with E-state index in [1.54, 1.807) is 11.8 Å². The molecule has 0 radical (unpaired) electrons. The minimum absolute atomic E-state index is 0.101. The highest BCUT2D eigenvalue weighted by molar-refractivity contribution is 8.14. The van der Waals surface area contributed by atoms with E-state index in [1.807, 2.05) is 0 Å². The van der Waals surface area contributed by atoms with Gasteiger partial charge in [0.25, 0.3) is 0 Å². The molecule has 1 heterocycles. The maximum Gasteiger partial charge on any atom is 0.161 e. The number of aliphatic imine (C=N–C) groups is 1. The van der Waals surface area contributed by atoms with Crippen LogP contribution in [0.15, 0.2) is 23.2 Å². The predicted octanol–water partition coefficient (Wildman–Crippen LogP) is 4.04. The van der Waals surface area contributed by atoms with Gasteiger partial charge in [0.1, 0.15) is 17.3 Å². The standard InChI is InChI=1S/C14H16F2N2S/c15-10-4-3-5-11(16)12(10)18-13-17-8-14(9-19-13)6-1-2-7-14/h3-5H,1-2,6-9H2,(H,17,18). The molecule has 2 nitrogen and oxygen atoms in total. The van der Waals surface area contributed by atoms with Crippen molar-refractivity contribution in [1.29, 1.82) is 0 Å². The van der Waals surface area contributed by atoms with Gasteiger partial charge in [-0.05, 0) is 30.4 Å². The van der Waals surface area contributed by atoms with E-state index >= 15 is 0 Å². The number of nitrogens with zero attached hydrogens (tertiary/aromatic N) is 1. The van der Waals surface area contributed by atoms with Gasteiger partial charge in [-0.1, -0.05) is 30.7 Å². The number of halogens is 2. The molecule has 0 saturated heterocycles. The second-order valence-corrected chi connectivity index (χ2v) is 6.30. The zero-order chi connectivity index (χ0) is 13.3. The van der Waals surface area contributed by atoms with Gasteiger partial charge in [0, 0.05) is 12.3 Å². The molecule has 2 aliphatic rings. The lowest BCUT2D eigenvalue weighted by molar-refractivity contribution is 0.359. The third-order valence-corrected chi connectivity index (χ3v) is 5.19. The third kappa shape index (κ3) is 2.61. The largest absolute Gasteiger partial charge is 0.330 e. The number of hydrogen-bond donors (Lipinski definition) is 1. The van der Waals surface area contributed by atoms with E-state index in [9.17, 15) is 8.78 Å². The van der Waals surface area contributed by atoms with Crippen LogP contribution in [0.3, 0.4) is 0 Å². The Morgan fingerprint density at radius 2 is 1.84 bits per heavy atom. The Morgan fingerprint density at radius 3 is 2.42 bits per heavy atom. The van der Waals surface area contributed by atoms with Gasteiger partial charge in [-0.3, -0.25) is 4.99 Å². The Bertz CT molecular complexity index is 490. The average molecular weight is 282 g/mol. The monoisotopic (exact) mass is 282 g/mol. The van der Waals surface area contributed by atoms with Crippen LogP contribution in [0.25, 0.3) is 0 Å².